The first kappa shape index (κ1) is 22.4. The molecule has 2 aromatic rings. The Morgan fingerprint density at radius 1 is 1.18 bits per heavy atom. The Bertz CT molecular complexity index is 742. The summed E-state index contributed by atoms with van der Waals surface area (Å²) in [4.78, 5) is 14.5. The molecule has 0 aliphatic rings. The van der Waals surface area contributed by atoms with Crippen molar-refractivity contribution in [1.29, 1.82) is 0 Å². The normalized spacial score (nSPS) is 12.4. The number of benzene rings is 1. The molecule has 0 radical (unpaired) electrons. The largest absolute Gasteiger partial charge is 0.325 e. The molecule has 154 valence electrons. The number of carbonyl (C=O) groups is 1. The standard InChI is InChI=1S/C21H33N5OS/c1-6-9-14-26-20(18(8-3)25(4)5)23-24-21(26)28-15-19(27)22-17-12-10-16(7-2)11-13-17/h10-13,18H,6-9,14-15H2,1-5H3,(H,22,27). The van der Waals surface area contributed by atoms with Gasteiger partial charge < -0.3 is 9.88 Å². The number of carbonyl (C=O) groups excluding carboxylic acids is 1. The van der Waals surface area contributed by atoms with Gasteiger partial charge in [0.15, 0.2) is 11.0 Å². The highest BCUT2D eigenvalue weighted by Gasteiger charge is 2.22. The van der Waals surface area contributed by atoms with Gasteiger partial charge in [0.25, 0.3) is 0 Å². The number of rotatable bonds is 11. The molecular formula is C21H33N5OS. The predicted molar refractivity (Wildman–Crippen MR) is 117 cm³/mol. The molecule has 1 atom stereocenters. The number of hydrogen-bond acceptors (Lipinski definition) is 5. The molecule has 0 spiro atoms. The van der Waals surface area contributed by atoms with Gasteiger partial charge in [-0.25, -0.2) is 0 Å². The summed E-state index contributed by atoms with van der Waals surface area (Å²) in [7, 11) is 4.13. The summed E-state index contributed by atoms with van der Waals surface area (Å²) in [5.41, 5.74) is 2.09. The lowest BCUT2D eigenvalue weighted by Crippen LogP contribution is -2.23. The lowest BCUT2D eigenvalue weighted by atomic mass is 10.1. The van der Waals surface area contributed by atoms with Crippen LogP contribution in [0.25, 0.3) is 0 Å². The van der Waals surface area contributed by atoms with Crippen LogP contribution in [0.1, 0.15) is 57.5 Å². The number of unbranched alkanes of at least 4 members (excludes halogenated alkanes) is 1. The van der Waals surface area contributed by atoms with E-state index in [1.807, 2.05) is 24.3 Å². The third-order valence-corrected chi connectivity index (χ3v) is 5.73. The van der Waals surface area contributed by atoms with Crippen LogP contribution < -0.4 is 5.32 Å². The maximum absolute atomic E-state index is 12.4. The molecule has 1 aromatic carbocycles. The Morgan fingerprint density at radius 2 is 1.89 bits per heavy atom. The van der Waals surface area contributed by atoms with Crippen LogP contribution in [0.15, 0.2) is 29.4 Å². The first-order valence-electron chi connectivity index (χ1n) is 10.1. The van der Waals surface area contributed by atoms with Gasteiger partial charge in [0.05, 0.1) is 11.8 Å². The highest BCUT2D eigenvalue weighted by molar-refractivity contribution is 7.99. The minimum Gasteiger partial charge on any atom is -0.325 e. The van der Waals surface area contributed by atoms with Crippen LogP contribution in [0.3, 0.4) is 0 Å². The Balaban J connectivity index is 2.05. The fourth-order valence-corrected chi connectivity index (χ4v) is 3.88. The van der Waals surface area contributed by atoms with E-state index in [9.17, 15) is 4.79 Å². The van der Waals surface area contributed by atoms with Crippen LogP contribution in [-0.4, -0.2) is 45.4 Å². The maximum atomic E-state index is 12.4. The minimum atomic E-state index is -0.0273. The van der Waals surface area contributed by atoms with Crippen molar-refractivity contribution >= 4 is 23.4 Å². The summed E-state index contributed by atoms with van der Waals surface area (Å²) >= 11 is 1.45. The maximum Gasteiger partial charge on any atom is 0.234 e. The van der Waals surface area contributed by atoms with E-state index in [0.29, 0.717) is 5.75 Å². The van der Waals surface area contributed by atoms with E-state index in [1.54, 1.807) is 0 Å². The van der Waals surface area contributed by atoms with E-state index in [2.05, 4.69) is 59.8 Å². The topological polar surface area (TPSA) is 63.1 Å². The van der Waals surface area contributed by atoms with Gasteiger partial charge in [-0.05, 0) is 51.1 Å². The highest BCUT2D eigenvalue weighted by atomic mass is 32.2. The fraction of sp³-hybridized carbons (Fsp3) is 0.571. The molecule has 0 saturated heterocycles. The van der Waals surface area contributed by atoms with Crippen molar-refractivity contribution in [2.24, 2.45) is 0 Å². The summed E-state index contributed by atoms with van der Waals surface area (Å²) in [6, 6.07) is 8.22. The summed E-state index contributed by atoms with van der Waals surface area (Å²) in [5.74, 6) is 1.28. The molecule has 0 aliphatic heterocycles. The summed E-state index contributed by atoms with van der Waals surface area (Å²) < 4.78 is 2.19. The average molecular weight is 404 g/mol. The zero-order valence-electron chi connectivity index (χ0n) is 17.7. The molecule has 1 amide bonds. The lowest BCUT2D eigenvalue weighted by molar-refractivity contribution is -0.113. The molecular weight excluding hydrogens is 370 g/mol. The number of amides is 1. The molecule has 0 saturated carbocycles. The number of anilines is 1. The van der Waals surface area contributed by atoms with E-state index in [0.717, 1.165) is 48.9 Å². The summed E-state index contributed by atoms with van der Waals surface area (Å²) in [6.45, 7) is 7.34. The van der Waals surface area contributed by atoms with Crippen molar-refractivity contribution in [2.45, 2.75) is 64.2 Å². The SMILES string of the molecule is CCCCn1c(SCC(=O)Nc2ccc(CC)cc2)nnc1C(CC)N(C)C. The smallest absolute Gasteiger partial charge is 0.234 e. The molecule has 1 unspecified atom stereocenters. The number of nitrogens with zero attached hydrogens (tertiary/aromatic N) is 4. The van der Waals surface area contributed by atoms with Crippen LogP contribution in [0.2, 0.25) is 0 Å². The van der Waals surface area contributed by atoms with E-state index in [4.69, 9.17) is 0 Å². The van der Waals surface area contributed by atoms with Crippen molar-refractivity contribution in [1.82, 2.24) is 19.7 Å². The van der Waals surface area contributed by atoms with Crippen molar-refractivity contribution in [3.63, 3.8) is 0 Å². The molecule has 28 heavy (non-hydrogen) atoms. The second kappa shape index (κ2) is 11.2. The van der Waals surface area contributed by atoms with Crippen molar-refractivity contribution in [2.75, 3.05) is 25.2 Å². The van der Waals surface area contributed by atoms with E-state index in [-0.39, 0.29) is 11.9 Å². The molecule has 1 N–H and O–H groups in total. The van der Waals surface area contributed by atoms with Gasteiger partial charge in [-0.1, -0.05) is 51.1 Å². The molecule has 2 rings (SSSR count). The predicted octanol–water partition coefficient (Wildman–Crippen LogP) is 4.38. The van der Waals surface area contributed by atoms with Gasteiger partial charge in [-0.3, -0.25) is 9.69 Å². The second-order valence-electron chi connectivity index (χ2n) is 7.12. The monoisotopic (exact) mass is 403 g/mol. The van der Waals surface area contributed by atoms with Crippen molar-refractivity contribution in [3.05, 3.63) is 35.7 Å². The quantitative estimate of drug-likeness (QED) is 0.564. The first-order valence-corrected chi connectivity index (χ1v) is 11.1. The van der Waals surface area contributed by atoms with E-state index >= 15 is 0 Å². The molecule has 1 aromatic heterocycles. The summed E-state index contributed by atoms with van der Waals surface area (Å²) in [5, 5.41) is 12.6. The van der Waals surface area contributed by atoms with Gasteiger partial charge >= 0.3 is 0 Å². The third-order valence-electron chi connectivity index (χ3n) is 4.77. The third kappa shape index (κ3) is 6.07. The molecule has 0 bridgehead atoms. The van der Waals surface area contributed by atoms with Crippen LogP contribution in [0.5, 0.6) is 0 Å². The number of hydrogen-bond donors (Lipinski definition) is 1. The van der Waals surface area contributed by atoms with Crippen LogP contribution in [0, 0.1) is 0 Å². The van der Waals surface area contributed by atoms with E-state index in [1.165, 1.54) is 17.3 Å². The van der Waals surface area contributed by atoms with Gasteiger partial charge in [-0.2, -0.15) is 0 Å². The summed E-state index contributed by atoms with van der Waals surface area (Å²) in [6.07, 6.45) is 4.13. The van der Waals surface area contributed by atoms with Gasteiger partial charge in [-0.15, -0.1) is 10.2 Å². The first-order chi connectivity index (χ1) is 13.5. The molecule has 7 heteroatoms. The van der Waals surface area contributed by atoms with Crippen molar-refractivity contribution < 1.29 is 4.79 Å². The van der Waals surface area contributed by atoms with Gasteiger partial charge in [0.2, 0.25) is 5.91 Å². The number of aromatic nitrogens is 3. The Labute approximate surface area is 173 Å². The molecule has 6 nitrogen and oxygen atoms in total. The number of aryl methyl sites for hydroxylation is 1. The Hall–Kier alpha value is -1.86. The Morgan fingerprint density at radius 3 is 2.46 bits per heavy atom. The molecule has 1 heterocycles. The molecule has 0 aliphatic carbocycles. The highest BCUT2D eigenvalue weighted by Crippen LogP contribution is 2.25. The van der Waals surface area contributed by atoms with Crippen molar-refractivity contribution in [3.8, 4) is 0 Å². The van der Waals surface area contributed by atoms with Crippen LogP contribution >= 0.6 is 11.8 Å². The minimum absolute atomic E-state index is 0.0273. The lowest BCUT2D eigenvalue weighted by Gasteiger charge is -2.23. The number of nitrogens with one attached hydrogen (secondary N) is 1. The fourth-order valence-electron chi connectivity index (χ4n) is 3.11. The molecule has 0 fully saturated rings. The Kier molecular flexibility index (Phi) is 8.99. The van der Waals surface area contributed by atoms with E-state index < -0.39 is 0 Å². The van der Waals surface area contributed by atoms with Crippen LogP contribution in [-0.2, 0) is 17.8 Å². The average Bonchev–Trinajstić information content (AvgIpc) is 3.08. The number of thioether (sulfide) groups is 1. The van der Waals surface area contributed by atoms with Gasteiger partial charge in [0, 0.05) is 12.2 Å². The van der Waals surface area contributed by atoms with Crippen LogP contribution in [0.4, 0.5) is 5.69 Å². The zero-order valence-corrected chi connectivity index (χ0v) is 18.6. The second-order valence-corrected chi connectivity index (χ2v) is 8.06. The van der Waals surface area contributed by atoms with Gasteiger partial charge in [0.1, 0.15) is 0 Å². The zero-order chi connectivity index (χ0) is 20.5.